The molecule has 0 spiro atoms. The molecule has 2 aliphatic rings. The Morgan fingerprint density at radius 3 is 2.15 bits per heavy atom. The van der Waals surface area contributed by atoms with E-state index in [0.717, 1.165) is 23.1 Å². The zero-order valence-corrected chi connectivity index (χ0v) is 19.7. The number of rotatable bonds is 2. The molecule has 2 aliphatic carbocycles. The van der Waals surface area contributed by atoms with Crippen LogP contribution in [0.3, 0.4) is 0 Å². The van der Waals surface area contributed by atoms with Crippen molar-refractivity contribution in [3.05, 3.63) is 83.0 Å². The van der Waals surface area contributed by atoms with E-state index in [1.807, 2.05) is 56.3 Å². The molecule has 2 nitrogen and oxygen atoms in total. The summed E-state index contributed by atoms with van der Waals surface area (Å²) in [5, 5.41) is 1.23. The van der Waals surface area contributed by atoms with Crippen LogP contribution in [0.25, 0.3) is 0 Å². The standard InChI is InChI=1S/C15H15O2S.C5H5.2ClH.Zr/c1-11-12(2)15(3,9-13(11)10-18(16)17)14-7-5-4-6-8-14;1-2-4-5-3-1;;;/h4-8,10H,1-3H3;1-3H,4H2;2*1H;/q2*-1;;;+4/p-2. The van der Waals surface area contributed by atoms with Crippen LogP contribution in [0.5, 0.6) is 0 Å². The molecule has 0 saturated carbocycles. The number of hydrogen-bond acceptors (Lipinski definition) is 2. The van der Waals surface area contributed by atoms with Crippen molar-refractivity contribution < 1.29 is 59.4 Å². The third-order valence-corrected chi connectivity index (χ3v) is 4.68. The van der Waals surface area contributed by atoms with E-state index in [1.54, 1.807) is 0 Å². The maximum absolute atomic E-state index is 10.8. The summed E-state index contributed by atoms with van der Waals surface area (Å²) >= 11 is 0. The van der Waals surface area contributed by atoms with E-state index in [0.29, 0.717) is 5.57 Å². The number of allylic oxidation sites excluding steroid dienone is 8. The van der Waals surface area contributed by atoms with Gasteiger partial charge in [-0.2, -0.15) is 31.7 Å². The Kier molecular flexibility index (Phi) is 13.4. The minimum Gasteiger partial charge on any atom is -1.00 e. The minimum atomic E-state index is -2.19. The van der Waals surface area contributed by atoms with E-state index in [4.69, 9.17) is 0 Å². The average Bonchev–Trinajstić information content (AvgIpc) is 3.18. The molecule has 0 radical (unpaired) electrons. The average molecular weight is 487 g/mol. The molecule has 0 saturated heterocycles. The minimum absolute atomic E-state index is 0. The van der Waals surface area contributed by atoms with E-state index in [9.17, 15) is 8.42 Å². The summed E-state index contributed by atoms with van der Waals surface area (Å²) in [6, 6.07) is 10.0. The molecule has 0 N–H and O–H groups in total. The molecule has 0 heterocycles. The van der Waals surface area contributed by atoms with E-state index in [1.165, 1.54) is 5.37 Å². The van der Waals surface area contributed by atoms with Gasteiger partial charge < -0.3 is 24.8 Å². The van der Waals surface area contributed by atoms with Crippen molar-refractivity contribution in [2.24, 2.45) is 0 Å². The monoisotopic (exact) mass is 484 g/mol. The van der Waals surface area contributed by atoms with Gasteiger partial charge in [0.05, 0.1) is 0 Å². The van der Waals surface area contributed by atoms with E-state index in [-0.39, 0.29) is 56.4 Å². The van der Waals surface area contributed by atoms with Crippen LogP contribution in [-0.2, 0) is 41.9 Å². The molecular formula is C20H20Cl2O2SZr. The summed E-state index contributed by atoms with van der Waals surface area (Å²) < 4.78 is 21.6. The Bertz CT molecular complexity index is 820. The van der Waals surface area contributed by atoms with Gasteiger partial charge in [-0.25, -0.2) is 12.2 Å². The van der Waals surface area contributed by atoms with Gasteiger partial charge in [-0.05, 0) is 16.3 Å². The van der Waals surface area contributed by atoms with Crippen LogP contribution in [0.1, 0.15) is 32.8 Å². The first-order valence-electron chi connectivity index (χ1n) is 7.49. The largest absolute Gasteiger partial charge is 4.00 e. The fraction of sp³-hybridized carbons (Fsp3) is 0.250. The maximum Gasteiger partial charge on any atom is 4.00 e. The molecule has 1 atom stereocenters. The Morgan fingerprint density at radius 1 is 1.12 bits per heavy atom. The zero-order chi connectivity index (χ0) is 16.9. The van der Waals surface area contributed by atoms with Crippen molar-refractivity contribution >= 4 is 15.7 Å². The summed E-state index contributed by atoms with van der Waals surface area (Å²) in [7, 11) is -2.19. The third-order valence-electron chi connectivity index (χ3n) is 4.25. The molecule has 6 heteroatoms. The summed E-state index contributed by atoms with van der Waals surface area (Å²) in [5.41, 5.74) is 3.60. The molecule has 1 unspecified atom stereocenters. The molecule has 0 aliphatic heterocycles. The van der Waals surface area contributed by atoms with Crippen molar-refractivity contribution in [2.75, 3.05) is 0 Å². The number of halogens is 2. The molecule has 3 rings (SSSR count). The first-order valence-corrected chi connectivity index (χ1v) is 8.62. The third kappa shape index (κ3) is 6.81. The number of hydrogen-bond donors (Lipinski definition) is 0. The first-order chi connectivity index (χ1) is 10.9. The van der Waals surface area contributed by atoms with Crippen molar-refractivity contribution in [3.8, 4) is 0 Å². The zero-order valence-electron chi connectivity index (χ0n) is 14.9. The van der Waals surface area contributed by atoms with Crippen LogP contribution in [0.15, 0.2) is 65.3 Å². The summed E-state index contributed by atoms with van der Waals surface area (Å²) in [6.45, 7) is 6.04. The molecule has 0 aromatic heterocycles. The van der Waals surface area contributed by atoms with Gasteiger partial charge in [0.1, 0.15) is 0 Å². The van der Waals surface area contributed by atoms with Gasteiger partial charge in [0.15, 0.2) is 10.3 Å². The van der Waals surface area contributed by atoms with E-state index < -0.39 is 10.3 Å². The van der Waals surface area contributed by atoms with Gasteiger partial charge in [-0.3, -0.25) is 6.08 Å². The van der Waals surface area contributed by atoms with Crippen molar-refractivity contribution in [1.82, 2.24) is 0 Å². The predicted octanol–water partition coefficient (Wildman–Crippen LogP) is -1.98. The molecule has 136 valence electrons. The van der Waals surface area contributed by atoms with Crippen LogP contribution in [0.4, 0.5) is 0 Å². The first kappa shape index (κ1) is 27.6. The fourth-order valence-corrected chi connectivity index (χ4v) is 3.08. The molecule has 0 amide bonds. The molecule has 1 aromatic carbocycles. The van der Waals surface area contributed by atoms with Gasteiger partial charge in [0, 0.05) is 0 Å². The second kappa shape index (κ2) is 12.7. The second-order valence-electron chi connectivity index (χ2n) is 5.66. The van der Waals surface area contributed by atoms with Crippen LogP contribution < -0.4 is 24.8 Å². The summed E-state index contributed by atoms with van der Waals surface area (Å²) in [6.07, 6.45) is 13.3. The van der Waals surface area contributed by atoms with Crippen molar-refractivity contribution in [1.29, 1.82) is 0 Å². The summed E-state index contributed by atoms with van der Waals surface area (Å²) in [4.78, 5) is 0. The van der Waals surface area contributed by atoms with Crippen LogP contribution in [0.2, 0.25) is 0 Å². The van der Waals surface area contributed by atoms with Crippen molar-refractivity contribution in [2.45, 2.75) is 32.6 Å². The maximum atomic E-state index is 10.8. The van der Waals surface area contributed by atoms with Gasteiger partial charge >= 0.3 is 26.2 Å². The van der Waals surface area contributed by atoms with Crippen molar-refractivity contribution in [3.63, 3.8) is 0 Å². The van der Waals surface area contributed by atoms with Gasteiger partial charge in [0.2, 0.25) is 0 Å². The smallest absolute Gasteiger partial charge is 1.00 e. The van der Waals surface area contributed by atoms with Crippen LogP contribution >= 0.6 is 0 Å². The summed E-state index contributed by atoms with van der Waals surface area (Å²) in [5.74, 6) is 0. The van der Waals surface area contributed by atoms with E-state index >= 15 is 0 Å². The molecule has 0 fully saturated rings. The fourth-order valence-electron chi connectivity index (χ4n) is 2.65. The Hall–Kier alpha value is -0.667. The molecule has 26 heavy (non-hydrogen) atoms. The Morgan fingerprint density at radius 2 is 1.73 bits per heavy atom. The SMILES string of the molecule is CC1=C(C)C(C)(c2ccccc2)[C-]=C1C=S(=O)=O.[C-]1=CC=CC1.[Cl-].[Cl-].[Zr+4]. The number of benzene rings is 1. The topological polar surface area (TPSA) is 34.1 Å². The quantitative estimate of drug-likeness (QED) is 0.359. The van der Waals surface area contributed by atoms with Gasteiger partial charge in [-0.15, -0.1) is 12.0 Å². The van der Waals surface area contributed by atoms with Gasteiger partial charge in [-0.1, -0.05) is 51.1 Å². The van der Waals surface area contributed by atoms with E-state index in [2.05, 4.69) is 25.2 Å². The second-order valence-corrected chi connectivity index (χ2v) is 6.42. The normalized spacial score (nSPS) is 19.3. The molecular weight excluding hydrogens is 466 g/mol. The molecule has 0 bridgehead atoms. The predicted molar refractivity (Wildman–Crippen MR) is 95.5 cm³/mol. The molecule has 1 aromatic rings. The van der Waals surface area contributed by atoms with Crippen LogP contribution in [-0.4, -0.2) is 13.8 Å². The Balaban J connectivity index is 0. The van der Waals surface area contributed by atoms with Gasteiger partial charge in [0.25, 0.3) is 0 Å². The Labute approximate surface area is 189 Å². The van der Waals surface area contributed by atoms with Crippen LogP contribution in [0, 0.1) is 12.2 Å².